The van der Waals surface area contributed by atoms with E-state index in [9.17, 15) is 8.42 Å². The molecule has 1 atom stereocenters. The lowest BCUT2D eigenvalue weighted by molar-refractivity contribution is 0.287. The Labute approximate surface area is 153 Å². The quantitative estimate of drug-likeness (QED) is 0.689. The second kappa shape index (κ2) is 7.76. The average molecular weight is 371 g/mol. The molecule has 0 spiro atoms. The van der Waals surface area contributed by atoms with Gasteiger partial charge < -0.3 is 9.47 Å². The summed E-state index contributed by atoms with van der Waals surface area (Å²) in [6.07, 6.45) is 0. The second-order valence-corrected chi connectivity index (χ2v) is 7.74. The van der Waals surface area contributed by atoms with Crippen molar-refractivity contribution in [2.75, 3.05) is 13.7 Å². The molecule has 0 aliphatic carbocycles. The number of methoxy groups -OCH3 is 1. The van der Waals surface area contributed by atoms with E-state index in [1.165, 1.54) is 0 Å². The van der Waals surface area contributed by atoms with Crippen molar-refractivity contribution >= 4 is 20.8 Å². The van der Waals surface area contributed by atoms with Gasteiger partial charge in [0.25, 0.3) is 0 Å². The van der Waals surface area contributed by atoms with Crippen molar-refractivity contribution in [2.45, 2.75) is 17.9 Å². The molecule has 0 heterocycles. The van der Waals surface area contributed by atoms with Crippen LogP contribution in [0.15, 0.2) is 71.6 Å². The molecule has 3 rings (SSSR count). The third-order valence-corrected chi connectivity index (χ3v) is 5.52. The highest BCUT2D eigenvalue weighted by atomic mass is 32.2. The summed E-state index contributed by atoms with van der Waals surface area (Å²) in [5.41, 5.74) is 0. The standard InChI is InChI=1S/C20H21NO4S/c1-15(14-25-18-6-4-3-5-7-18)21-26(22,23)20-11-9-16-12-19(24-2)10-8-17(16)13-20/h3-13,15,21H,14H2,1-2H3. The number of sulfonamides is 1. The molecular formula is C20H21NO4S. The zero-order valence-corrected chi connectivity index (χ0v) is 15.5. The molecule has 1 unspecified atom stereocenters. The van der Waals surface area contributed by atoms with Crippen LogP contribution in [-0.4, -0.2) is 28.2 Å². The second-order valence-electron chi connectivity index (χ2n) is 6.02. The fourth-order valence-electron chi connectivity index (χ4n) is 2.60. The Bertz CT molecular complexity index is 987. The fraction of sp³-hybridized carbons (Fsp3) is 0.200. The summed E-state index contributed by atoms with van der Waals surface area (Å²) in [6, 6.07) is 19.5. The number of hydrogen-bond acceptors (Lipinski definition) is 4. The minimum absolute atomic E-state index is 0.224. The molecule has 0 amide bonds. The van der Waals surface area contributed by atoms with Crippen molar-refractivity contribution in [3.8, 4) is 11.5 Å². The molecule has 0 aliphatic heterocycles. The molecule has 1 N–H and O–H groups in total. The monoisotopic (exact) mass is 371 g/mol. The van der Waals surface area contributed by atoms with Crippen LogP contribution in [0.1, 0.15) is 6.92 Å². The predicted molar refractivity (Wildman–Crippen MR) is 102 cm³/mol. The Morgan fingerprint density at radius 3 is 2.35 bits per heavy atom. The van der Waals surface area contributed by atoms with Gasteiger partial charge in [0.05, 0.1) is 18.0 Å². The lowest BCUT2D eigenvalue weighted by Gasteiger charge is -2.15. The van der Waals surface area contributed by atoms with Gasteiger partial charge in [-0.15, -0.1) is 0 Å². The van der Waals surface area contributed by atoms with E-state index >= 15 is 0 Å². The van der Waals surface area contributed by atoms with Gasteiger partial charge in [-0.1, -0.05) is 30.3 Å². The Balaban J connectivity index is 1.71. The number of benzene rings is 3. The van der Waals surface area contributed by atoms with E-state index in [4.69, 9.17) is 9.47 Å². The van der Waals surface area contributed by atoms with Crippen molar-refractivity contribution in [1.82, 2.24) is 4.72 Å². The largest absolute Gasteiger partial charge is 0.497 e. The SMILES string of the molecule is COc1ccc2cc(S(=O)(=O)NC(C)COc3ccccc3)ccc2c1. The van der Waals surface area contributed by atoms with Crippen LogP contribution in [0.25, 0.3) is 10.8 Å². The Morgan fingerprint density at radius 2 is 1.62 bits per heavy atom. The van der Waals surface area contributed by atoms with Gasteiger partial charge in [0.2, 0.25) is 10.0 Å². The van der Waals surface area contributed by atoms with Crippen LogP contribution >= 0.6 is 0 Å². The summed E-state index contributed by atoms with van der Waals surface area (Å²) in [4.78, 5) is 0.224. The molecule has 0 fully saturated rings. The molecule has 3 aromatic rings. The van der Waals surface area contributed by atoms with Crippen LogP contribution < -0.4 is 14.2 Å². The first-order valence-electron chi connectivity index (χ1n) is 8.26. The van der Waals surface area contributed by atoms with Crippen molar-refractivity contribution in [2.24, 2.45) is 0 Å². The summed E-state index contributed by atoms with van der Waals surface area (Å²) >= 11 is 0. The van der Waals surface area contributed by atoms with Crippen LogP contribution in [-0.2, 0) is 10.0 Å². The summed E-state index contributed by atoms with van der Waals surface area (Å²) < 4.78 is 38.7. The van der Waals surface area contributed by atoms with Gasteiger partial charge >= 0.3 is 0 Å². The summed E-state index contributed by atoms with van der Waals surface area (Å²) in [7, 11) is -2.03. The van der Waals surface area contributed by atoms with Gasteiger partial charge in [0.1, 0.15) is 18.1 Å². The summed E-state index contributed by atoms with van der Waals surface area (Å²) in [5.74, 6) is 1.44. The molecule has 0 saturated carbocycles. The maximum Gasteiger partial charge on any atom is 0.240 e. The zero-order valence-electron chi connectivity index (χ0n) is 14.7. The number of hydrogen-bond donors (Lipinski definition) is 1. The molecule has 136 valence electrons. The van der Waals surface area contributed by atoms with Crippen LogP contribution in [0.2, 0.25) is 0 Å². The summed E-state index contributed by atoms with van der Waals surface area (Å²) in [5, 5.41) is 1.76. The van der Waals surface area contributed by atoms with Crippen molar-refractivity contribution in [3.05, 3.63) is 66.7 Å². The van der Waals surface area contributed by atoms with Crippen LogP contribution in [0.4, 0.5) is 0 Å². The van der Waals surface area contributed by atoms with Crippen molar-refractivity contribution in [1.29, 1.82) is 0 Å². The molecule has 0 bridgehead atoms. The summed E-state index contributed by atoms with van der Waals surface area (Å²) in [6.45, 7) is 2.01. The van der Waals surface area contributed by atoms with E-state index < -0.39 is 10.0 Å². The number of rotatable bonds is 7. The van der Waals surface area contributed by atoms with E-state index in [2.05, 4.69) is 4.72 Å². The minimum Gasteiger partial charge on any atom is -0.497 e. The van der Waals surface area contributed by atoms with Gasteiger partial charge in [-0.05, 0) is 54.1 Å². The van der Waals surface area contributed by atoms with E-state index in [0.717, 1.165) is 16.5 Å². The molecule has 6 heteroatoms. The maximum absolute atomic E-state index is 12.6. The maximum atomic E-state index is 12.6. The molecule has 26 heavy (non-hydrogen) atoms. The number of ether oxygens (including phenoxy) is 2. The third-order valence-electron chi connectivity index (χ3n) is 3.93. The molecule has 0 radical (unpaired) electrons. The molecular weight excluding hydrogens is 350 g/mol. The normalized spacial score (nSPS) is 12.7. The topological polar surface area (TPSA) is 64.6 Å². The molecule has 0 aromatic heterocycles. The lowest BCUT2D eigenvalue weighted by Crippen LogP contribution is -2.36. The Morgan fingerprint density at radius 1 is 0.923 bits per heavy atom. The van der Waals surface area contributed by atoms with Crippen LogP contribution in [0, 0.1) is 0 Å². The zero-order chi connectivity index (χ0) is 18.6. The van der Waals surface area contributed by atoms with Crippen molar-refractivity contribution < 1.29 is 17.9 Å². The smallest absolute Gasteiger partial charge is 0.240 e. The Kier molecular flexibility index (Phi) is 5.44. The van der Waals surface area contributed by atoms with Gasteiger partial charge in [-0.25, -0.2) is 13.1 Å². The van der Waals surface area contributed by atoms with E-state index in [-0.39, 0.29) is 17.5 Å². The first kappa shape index (κ1) is 18.2. The highest BCUT2D eigenvalue weighted by Gasteiger charge is 2.18. The van der Waals surface area contributed by atoms with Gasteiger partial charge in [-0.2, -0.15) is 0 Å². The first-order chi connectivity index (χ1) is 12.5. The van der Waals surface area contributed by atoms with E-state index in [1.807, 2.05) is 48.5 Å². The van der Waals surface area contributed by atoms with E-state index in [1.54, 1.807) is 32.2 Å². The number of fused-ring (bicyclic) bond motifs is 1. The molecule has 0 saturated heterocycles. The molecule has 3 aromatic carbocycles. The van der Waals surface area contributed by atoms with Gasteiger partial charge in [0.15, 0.2) is 0 Å². The van der Waals surface area contributed by atoms with Gasteiger partial charge in [-0.3, -0.25) is 0 Å². The number of para-hydroxylation sites is 1. The fourth-order valence-corrected chi connectivity index (χ4v) is 3.86. The minimum atomic E-state index is -3.63. The average Bonchev–Trinajstić information content (AvgIpc) is 2.66. The first-order valence-corrected chi connectivity index (χ1v) is 9.74. The number of nitrogens with one attached hydrogen (secondary N) is 1. The highest BCUT2D eigenvalue weighted by Crippen LogP contribution is 2.23. The lowest BCUT2D eigenvalue weighted by atomic mass is 10.1. The molecule has 5 nitrogen and oxygen atoms in total. The van der Waals surface area contributed by atoms with Crippen LogP contribution in [0.3, 0.4) is 0 Å². The van der Waals surface area contributed by atoms with E-state index in [0.29, 0.717) is 5.75 Å². The van der Waals surface area contributed by atoms with Gasteiger partial charge in [0, 0.05) is 0 Å². The van der Waals surface area contributed by atoms with Crippen molar-refractivity contribution in [3.63, 3.8) is 0 Å². The van der Waals surface area contributed by atoms with Crippen LogP contribution in [0.5, 0.6) is 11.5 Å². The predicted octanol–water partition coefficient (Wildman–Crippen LogP) is 3.59. The highest BCUT2D eigenvalue weighted by molar-refractivity contribution is 7.89. The molecule has 0 aliphatic rings. The Hall–Kier alpha value is -2.57. The third kappa shape index (κ3) is 4.33.